The second-order valence-corrected chi connectivity index (χ2v) is 4.53. The first-order chi connectivity index (χ1) is 6.11. The Hall–Kier alpha value is -1.03. The van der Waals surface area contributed by atoms with E-state index in [4.69, 9.17) is 10.8 Å². The fourth-order valence-corrected chi connectivity index (χ4v) is 3.08. The Balaban J connectivity index is 2.56. The Morgan fingerprint density at radius 3 is 2.92 bits per heavy atom. The molecule has 2 rings (SSSR count). The second kappa shape index (κ2) is 2.73. The van der Waals surface area contributed by atoms with E-state index >= 15 is 0 Å². The molecule has 3 N–H and O–H groups in total. The fourth-order valence-electron chi connectivity index (χ4n) is 1.88. The highest BCUT2D eigenvalue weighted by atomic mass is 32.1. The number of hydrogen-bond acceptors (Lipinski definition) is 3. The fraction of sp³-hybridized carbons (Fsp3) is 0.444. The summed E-state index contributed by atoms with van der Waals surface area (Å²) in [6.07, 6.45) is 2.09. The minimum absolute atomic E-state index is 0.316. The molecule has 1 atom stereocenters. The molecule has 0 amide bonds. The molecule has 0 bridgehead atoms. The van der Waals surface area contributed by atoms with E-state index in [1.807, 2.05) is 0 Å². The number of rotatable bonds is 1. The van der Waals surface area contributed by atoms with Crippen molar-refractivity contribution in [1.82, 2.24) is 0 Å². The Morgan fingerprint density at radius 1 is 1.69 bits per heavy atom. The van der Waals surface area contributed by atoms with E-state index < -0.39 is 5.97 Å². The van der Waals surface area contributed by atoms with E-state index in [0.29, 0.717) is 16.5 Å². The third-order valence-corrected chi connectivity index (χ3v) is 3.82. The maximum atomic E-state index is 10.8. The molecule has 4 heteroatoms. The van der Waals surface area contributed by atoms with Crippen molar-refractivity contribution in [3.05, 3.63) is 15.3 Å². The molecule has 13 heavy (non-hydrogen) atoms. The Bertz CT molecular complexity index is 370. The van der Waals surface area contributed by atoms with Gasteiger partial charge in [0.2, 0.25) is 0 Å². The first-order valence-corrected chi connectivity index (χ1v) is 5.07. The summed E-state index contributed by atoms with van der Waals surface area (Å²) in [5.74, 6) is -0.469. The number of aromatic carboxylic acids is 1. The third-order valence-electron chi connectivity index (χ3n) is 2.55. The molecule has 1 aromatic heterocycles. The molecule has 0 aromatic carbocycles. The van der Waals surface area contributed by atoms with Crippen LogP contribution >= 0.6 is 11.3 Å². The summed E-state index contributed by atoms with van der Waals surface area (Å²) in [5.41, 5.74) is 7.36. The topological polar surface area (TPSA) is 63.3 Å². The van der Waals surface area contributed by atoms with Crippen molar-refractivity contribution in [2.24, 2.45) is 0 Å². The van der Waals surface area contributed by atoms with Gasteiger partial charge < -0.3 is 10.8 Å². The zero-order valence-electron chi connectivity index (χ0n) is 7.33. The highest BCUT2D eigenvalue weighted by Gasteiger charge is 2.28. The predicted octanol–water partition coefficient (Wildman–Crippen LogP) is 2.08. The van der Waals surface area contributed by atoms with Crippen LogP contribution in [0, 0.1) is 0 Å². The van der Waals surface area contributed by atoms with Gasteiger partial charge in [-0.2, -0.15) is 0 Å². The van der Waals surface area contributed by atoms with Crippen LogP contribution in [-0.2, 0) is 6.42 Å². The van der Waals surface area contributed by atoms with Crippen LogP contribution in [0.25, 0.3) is 0 Å². The first kappa shape index (κ1) is 8.56. The number of aryl methyl sites for hydroxylation is 1. The Kier molecular flexibility index (Phi) is 1.80. The molecule has 1 aromatic rings. The number of fused-ring (bicyclic) bond motifs is 1. The molecule has 0 spiro atoms. The van der Waals surface area contributed by atoms with E-state index in [1.54, 1.807) is 0 Å². The number of nitrogen functional groups attached to an aromatic ring is 1. The van der Waals surface area contributed by atoms with E-state index in [0.717, 1.165) is 18.4 Å². The smallest absolute Gasteiger partial charge is 0.348 e. The Labute approximate surface area is 80.2 Å². The summed E-state index contributed by atoms with van der Waals surface area (Å²) >= 11 is 1.34. The quantitative estimate of drug-likeness (QED) is 0.724. The zero-order valence-corrected chi connectivity index (χ0v) is 8.15. The highest BCUT2D eigenvalue weighted by Crippen LogP contribution is 2.43. The number of hydrogen-bond donors (Lipinski definition) is 2. The van der Waals surface area contributed by atoms with Gasteiger partial charge in [-0.1, -0.05) is 6.92 Å². The van der Waals surface area contributed by atoms with Crippen molar-refractivity contribution in [2.75, 3.05) is 5.73 Å². The standard InChI is InChI=1S/C9H11NO2S/c1-4-2-3-5-6(4)7(10)8(13-5)9(11)12/h4H,2-3,10H2,1H3,(H,11,12)/t4-/m0/s1. The van der Waals surface area contributed by atoms with Gasteiger partial charge in [0.1, 0.15) is 4.88 Å². The van der Waals surface area contributed by atoms with E-state index in [9.17, 15) is 4.79 Å². The van der Waals surface area contributed by atoms with Crippen LogP contribution in [0.4, 0.5) is 5.69 Å². The van der Waals surface area contributed by atoms with Crippen molar-refractivity contribution < 1.29 is 9.90 Å². The van der Waals surface area contributed by atoms with Gasteiger partial charge in [0, 0.05) is 4.88 Å². The number of carbonyl (C=O) groups is 1. The minimum Gasteiger partial charge on any atom is -0.477 e. The van der Waals surface area contributed by atoms with Gasteiger partial charge in [-0.05, 0) is 24.3 Å². The SMILES string of the molecule is C[C@H]1CCc2sc(C(=O)O)c(N)c21. The highest BCUT2D eigenvalue weighted by molar-refractivity contribution is 7.14. The average Bonchev–Trinajstić information content (AvgIpc) is 2.55. The lowest BCUT2D eigenvalue weighted by atomic mass is 10.0. The van der Waals surface area contributed by atoms with Crippen LogP contribution in [0.2, 0.25) is 0 Å². The lowest BCUT2D eigenvalue weighted by Crippen LogP contribution is -2.00. The molecule has 3 nitrogen and oxygen atoms in total. The molecular weight excluding hydrogens is 186 g/mol. The lowest BCUT2D eigenvalue weighted by Gasteiger charge is -2.02. The Morgan fingerprint density at radius 2 is 2.38 bits per heavy atom. The number of nitrogens with two attached hydrogens (primary N) is 1. The molecule has 0 radical (unpaired) electrons. The van der Waals surface area contributed by atoms with Gasteiger partial charge in [0.25, 0.3) is 0 Å². The monoisotopic (exact) mass is 197 g/mol. The maximum Gasteiger partial charge on any atom is 0.348 e. The summed E-state index contributed by atoms with van der Waals surface area (Å²) < 4.78 is 0. The van der Waals surface area contributed by atoms with Gasteiger partial charge >= 0.3 is 5.97 Å². The summed E-state index contributed by atoms with van der Waals surface area (Å²) in [4.78, 5) is 12.2. The lowest BCUT2D eigenvalue weighted by molar-refractivity contribution is 0.0703. The normalized spacial score (nSPS) is 20.2. The number of anilines is 1. The van der Waals surface area contributed by atoms with Crippen LogP contribution < -0.4 is 5.73 Å². The maximum absolute atomic E-state index is 10.8. The molecule has 0 unspecified atom stereocenters. The van der Waals surface area contributed by atoms with Crippen LogP contribution in [0.3, 0.4) is 0 Å². The predicted molar refractivity (Wildman–Crippen MR) is 52.4 cm³/mol. The summed E-state index contributed by atoms with van der Waals surface area (Å²) in [6.45, 7) is 2.10. The van der Waals surface area contributed by atoms with Crippen LogP contribution in [0.1, 0.15) is 39.4 Å². The third kappa shape index (κ3) is 1.13. The minimum atomic E-state index is -0.899. The molecule has 1 aliphatic rings. The number of carboxylic acids is 1. The van der Waals surface area contributed by atoms with Gasteiger partial charge in [-0.3, -0.25) is 0 Å². The van der Waals surface area contributed by atoms with Crippen molar-refractivity contribution >= 4 is 23.0 Å². The number of carboxylic acid groups (broad SMARTS) is 1. The second-order valence-electron chi connectivity index (χ2n) is 3.43. The van der Waals surface area contributed by atoms with E-state index in [2.05, 4.69) is 6.92 Å². The number of thiophene rings is 1. The molecule has 0 saturated heterocycles. The summed E-state index contributed by atoms with van der Waals surface area (Å²) in [5, 5.41) is 8.84. The van der Waals surface area contributed by atoms with Gasteiger partial charge in [0.15, 0.2) is 0 Å². The zero-order chi connectivity index (χ0) is 9.59. The van der Waals surface area contributed by atoms with Crippen molar-refractivity contribution in [3.63, 3.8) is 0 Å². The largest absolute Gasteiger partial charge is 0.477 e. The molecule has 0 fully saturated rings. The average molecular weight is 197 g/mol. The molecular formula is C9H11NO2S. The van der Waals surface area contributed by atoms with Crippen LogP contribution in [0.15, 0.2) is 0 Å². The molecule has 70 valence electrons. The van der Waals surface area contributed by atoms with Crippen molar-refractivity contribution in [3.8, 4) is 0 Å². The van der Waals surface area contributed by atoms with Crippen molar-refractivity contribution in [2.45, 2.75) is 25.7 Å². The molecule has 1 aliphatic carbocycles. The van der Waals surface area contributed by atoms with Crippen LogP contribution in [-0.4, -0.2) is 11.1 Å². The van der Waals surface area contributed by atoms with Gasteiger partial charge in [-0.15, -0.1) is 11.3 Å². The van der Waals surface area contributed by atoms with Gasteiger partial charge in [-0.25, -0.2) is 4.79 Å². The molecule has 1 heterocycles. The molecule has 0 saturated carbocycles. The summed E-state index contributed by atoms with van der Waals surface area (Å²) in [7, 11) is 0. The van der Waals surface area contributed by atoms with Gasteiger partial charge in [0.05, 0.1) is 5.69 Å². The summed E-state index contributed by atoms with van der Waals surface area (Å²) in [6, 6.07) is 0. The first-order valence-electron chi connectivity index (χ1n) is 4.25. The molecule has 0 aliphatic heterocycles. The van der Waals surface area contributed by atoms with Crippen molar-refractivity contribution in [1.29, 1.82) is 0 Å². The van der Waals surface area contributed by atoms with E-state index in [1.165, 1.54) is 16.2 Å². The van der Waals surface area contributed by atoms with Crippen LogP contribution in [0.5, 0.6) is 0 Å². The van der Waals surface area contributed by atoms with E-state index in [-0.39, 0.29) is 0 Å².